The largest absolute Gasteiger partial charge is 0.455 e. The summed E-state index contributed by atoms with van der Waals surface area (Å²) in [6.07, 6.45) is 0. The van der Waals surface area contributed by atoms with Crippen molar-refractivity contribution in [1.82, 2.24) is 15.0 Å². The summed E-state index contributed by atoms with van der Waals surface area (Å²) in [6.45, 7) is 0. The molecule has 0 aliphatic carbocycles. The maximum atomic E-state index is 6.66. The number of fused-ring (bicyclic) bond motifs is 6. The molecule has 8 aromatic carbocycles. The summed E-state index contributed by atoms with van der Waals surface area (Å²) in [5.41, 5.74) is 11.3. The lowest BCUT2D eigenvalue weighted by Gasteiger charge is -2.11. The van der Waals surface area contributed by atoms with Crippen LogP contribution < -0.4 is 0 Å². The third-order valence-electron chi connectivity index (χ3n) is 10.6. The fraction of sp³-hybridized carbons (Fsp3) is 0. The van der Waals surface area contributed by atoms with Crippen LogP contribution in [0.3, 0.4) is 0 Å². The second-order valence-corrected chi connectivity index (χ2v) is 15.0. The average molecular weight is 734 g/mol. The molecule has 0 bridgehead atoms. The highest BCUT2D eigenvalue weighted by Crippen LogP contribution is 2.45. The summed E-state index contributed by atoms with van der Waals surface area (Å²) in [5, 5.41) is 4.34. The molecule has 11 rings (SSSR count). The molecule has 4 nitrogen and oxygen atoms in total. The average Bonchev–Trinajstić information content (AvgIpc) is 3.86. The molecule has 0 atom stereocenters. The molecular weight excluding hydrogens is 703 g/mol. The number of aromatic nitrogens is 3. The standard InChI is InChI=1S/C51H31N3OS/c1-4-14-32(15-5-1)33-28-30-36(31-29-33)49-52-50(41-24-12-26-43-45(41)39-22-10-20-37(47(39)55-43)34-16-6-2-7-17-34)54-51(53-49)42-25-13-27-44-46(42)40-23-11-21-38(48(40)56-44)35-18-8-3-9-19-35/h1-31H. The van der Waals surface area contributed by atoms with E-state index in [0.29, 0.717) is 17.5 Å². The summed E-state index contributed by atoms with van der Waals surface area (Å²) in [5.74, 6) is 1.83. The first-order valence-electron chi connectivity index (χ1n) is 18.7. The van der Waals surface area contributed by atoms with Gasteiger partial charge in [-0.2, -0.15) is 0 Å². The van der Waals surface area contributed by atoms with Crippen LogP contribution in [0, 0.1) is 0 Å². The zero-order valence-corrected chi connectivity index (χ0v) is 30.9. The van der Waals surface area contributed by atoms with Crippen LogP contribution in [0.15, 0.2) is 192 Å². The van der Waals surface area contributed by atoms with E-state index < -0.39 is 0 Å². The van der Waals surface area contributed by atoms with Crippen LogP contribution in [0.4, 0.5) is 0 Å². The van der Waals surface area contributed by atoms with Crippen molar-refractivity contribution in [2.75, 3.05) is 0 Å². The van der Waals surface area contributed by atoms with Gasteiger partial charge in [0.15, 0.2) is 17.5 Å². The summed E-state index contributed by atoms with van der Waals surface area (Å²) in [7, 11) is 0. The predicted octanol–water partition coefficient (Wildman–Crippen LogP) is 14.1. The van der Waals surface area contributed by atoms with Gasteiger partial charge in [0.2, 0.25) is 0 Å². The molecule has 0 amide bonds. The Morgan fingerprint density at radius 3 is 1.54 bits per heavy atom. The van der Waals surface area contributed by atoms with Crippen molar-refractivity contribution in [3.63, 3.8) is 0 Å². The van der Waals surface area contributed by atoms with Gasteiger partial charge >= 0.3 is 0 Å². The zero-order chi connectivity index (χ0) is 37.0. The normalized spacial score (nSPS) is 11.6. The Hall–Kier alpha value is -7.21. The number of nitrogens with zero attached hydrogens (tertiary/aromatic N) is 3. The molecule has 0 fully saturated rings. The number of para-hydroxylation sites is 1. The van der Waals surface area contributed by atoms with Crippen molar-refractivity contribution < 1.29 is 4.42 Å². The molecule has 0 spiro atoms. The van der Waals surface area contributed by atoms with Crippen LogP contribution in [0.2, 0.25) is 0 Å². The van der Waals surface area contributed by atoms with Crippen LogP contribution in [0.1, 0.15) is 0 Å². The molecule has 5 heteroatoms. The van der Waals surface area contributed by atoms with E-state index in [4.69, 9.17) is 19.4 Å². The highest BCUT2D eigenvalue weighted by atomic mass is 32.1. The van der Waals surface area contributed by atoms with Crippen molar-refractivity contribution >= 4 is 53.4 Å². The number of hydrogen-bond acceptors (Lipinski definition) is 5. The van der Waals surface area contributed by atoms with Crippen molar-refractivity contribution in [3.8, 4) is 67.5 Å². The molecule has 0 saturated carbocycles. The lowest BCUT2D eigenvalue weighted by molar-refractivity contribution is 0.670. The van der Waals surface area contributed by atoms with Crippen LogP contribution in [-0.2, 0) is 0 Å². The third kappa shape index (κ3) is 5.40. The molecule has 0 saturated heterocycles. The highest BCUT2D eigenvalue weighted by Gasteiger charge is 2.21. The van der Waals surface area contributed by atoms with E-state index in [1.165, 1.54) is 25.9 Å². The molecule has 3 aromatic heterocycles. The number of hydrogen-bond donors (Lipinski definition) is 0. The first-order valence-corrected chi connectivity index (χ1v) is 19.5. The first kappa shape index (κ1) is 32.2. The van der Waals surface area contributed by atoms with Crippen LogP contribution >= 0.6 is 11.3 Å². The van der Waals surface area contributed by atoms with Gasteiger partial charge in [0.25, 0.3) is 0 Å². The van der Waals surface area contributed by atoms with E-state index in [1.54, 1.807) is 0 Å². The van der Waals surface area contributed by atoms with Gasteiger partial charge in [-0.15, -0.1) is 11.3 Å². The Morgan fingerprint density at radius 2 is 0.839 bits per heavy atom. The molecule has 0 aliphatic rings. The topological polar surface area (TPSA) is 51.8 Å². The molecule has 3 heterocycles. The van der Waals surface area contributed by atoms with Gasteiger partial charge in [-0.3, -0.25) is 0 Å². The summed E-state index contributed by atoms with van der Waals surface area (Å²) < 4.78 is 9.09. The Morgan fingerprint density at radius 1 is 0.339 bits per heavy atom. The van der Waals surface area contributed by atoms with Crippen LogP contribution in [-0.4, -0.2) is 15.0 Å². The van der Waals surface area contributed by atoms with Gasteiger partial charge in [-0.05, 0) is 39.9 Å². The van der Waals surface area contributed by atoms with Gasteiger partial charge in [-0.1, -0.05) is 176 Å². The second kappa shape index (κ2) is 13.3. The van der Waals surface area contributed by atoms with E-state index in [9.17, 15) is 0 Å². The summed E-state index contributed by atoms with van der Waals surface area (Å²) in [6, 6.07) is 65.5. The smallest absolute Gasteiger partial charge is 0.164 e. The Bertz CT molecular complexity index is 3050. The quantitative estimate of drug-likeness (QED) is 0.171. The minimum Gasteiger partial charge on any atom is -0.455 e. The van der Waals surface area contributed by atoms with E-state index in [-0.39, 0.29) is 0 Å². The molecular formula is C51H31N3OS. The summed E-state index contributed by atoms with van der Waals surface area (Å²) >= 11 is 1.81. The van der Waals surface area contributed by atoms with Gasteiger partial charge in [0.05, 0.1) is 0 Å². The molecule has 0 radical (unpaired) electrons. The molecule has 262 valence electrons. The van der Waals surface area contributed by atoms with Crippen molar-refractivity contribution in [2.24, 2.45) is 0 Å². The van der Waals surface area contributed by atoms with E-state index >= 15 is 0 Å². The van der Waals surface area contributed by atoms with Gasteiger partial charge in [0, 0.05) is 53.2 Å². The highest BCUT2D eigenvalue weighted by molar-refractivity contribution is 7.26. The molecule has 0 aliphatic heterocycles. The van der Waals surface area contributed by atoms with Crippen molar-refractivity contribution in [2.45, 2.75) is 0 Å². The third-order valence-corrected chi connectivity index (χ3v) is 11.8. The number of rotatable bonds is 6. The number of furan rings is 1. The zero-order valence-electron chi connectivity index (χ0n) is 30.1. The van der Waals surface area contributed by atoms with Crippen LogP contribution in [0.25, 0.3) is 110 Å². The maximum Gasteiger partial charge on any atom is 0.164 e. The number of benzene rings is 8. The Kier molecular flexibility index (Phi) is 7.64. The minimum absolute atomic E-state index is 0.595. The Balaban J connectivity index is 1.15. The lowest BCUT2D eigenvalue weighted by atomic mass is 10.00. The minimum atomic E-state index is 0.595. The SMILES string of the molecule is c1ccc(-c2ccc(-c3nc(-c4cccc5oc6c(-c7ccccc7)cccc6c45)nc(-c4cccc5sc6c(-c7ccccc7)cccc6c45)n3)cc2)cc1. The first-order chi connectivity index (χ1) is 27.8. The fourth-order valence-electron chi connectivity index (χ4n) is 7.95. The van der Waals surface area contributed by atoms with Gasteiger partial charge in [0.1, 0.15) is 11.2 Å². The van der Waals surface area contributed by atoms with Gasteiger partial charge < -0.3 is 4.42 Å². The van der Waals surface area contributed by atoms with Crippen molar-refractivity contribution in [1.29, 1.82) is 0 Å². The van der Waals surface area contributed by atoms with E-state index in [1.807, 2.05) is 35.6 Å². The lowest BCUT2D eigenvalue weighted by Crippen LogP contribution is -2.00. The second-order valence-electron chi connectivity index (χ2n) is 13.9. The predicted molar refractivity (Wildman–Crippen MR) is 233 cm³/mol. The maximum absolute atomic E-state index is 6.66. The fourth-order valence-corrected chi connectivity index (χ4v) is 9.21. The van der Waals surface area contributed by atoms with Crippen LogP contribution in [0.5, 0.6) is 0 Å². The van der Waals surface area contributed by atoms with Gasteiger partial charge in [-0.25, -0.2) is 15.0 Å². The van der Waals surface area contributed by atoms with E-state index in [0.717, 1.165) is 66.3 Å². The molecule has 0 N–H and O–H groups in total. The van der Waals surface area contributed by atoms with E-state index in [2.05, 4.69) is 164 Å². The monoisotopic (exact) mass is 733 g/mol. The molecule has 0 unspecified atom stereocenters. The number of thiophene rings is 1. The molecule has 56 heavy (non-hydrogen) atoms. The Labute approximate surface area is 327 Å². The molecule has 11 aromatic rings. The van der Waals surface area contributed by atoms with Crippen molar-refractivity contribution in [3.05, 3.63) is 188 Å². The summed E-state index contributed by atoms with van der Waals surface area (Å²) in [4.78, 5) is 15.8.